The van der Waals surface area contributed by atoms with Crippen molar-refractivity contribution < 1.29 is 0 Å². The maximum atomic E-state index is 4.56. The van der Waals surface area contributed by atoms with E-state index in [-0.39, 0.29) is 24.0 Å². The molecule has 0 unspecified atom stereocenters. The average Bonchev–Trinajstić information content (AvgIpc) is 2.70. The van der Waals surface area contributed by atoms with Crippen molar-refractivity contribution in [2.75, 3.05) is 32.1 Å². The Balaban J connectivity index is 0.00000261. The van der Waals surface area contributed by atoms with Gasteiger partial charge in [0.2, 0.25) is 0 Å². The lowest BCUT2D eigenvalue weighted by Gasteiger charge is -2.28. The number of anilines is 1. The van der Waals surface area contributed by atoms with Gasteiger partial charge in [0.1, 0.15) is 5.82 Å². The Morgan fingerprint density at radius 3 is 2.56 bits per heavy atom. The van der Waals surface area contributed by atoms with Gasteiger partial charge in [0.05, 0.1) is 0 Å². The molecule has 0 radical (unpaired) electrons. The third-order valence-electron chi connectivity index (χ3n) is 4.78. The van der Waals surface area contributed by atoms with Gasteiger partial charge in [-0.3, -0.25) is 4.99 Å². The summed E-state index contributed by atoms with van der Waals surface area (Å²) < 4.78 is 0. The Morgan fingerprint density at radius 1 is 1.11 bits per heavy atom. The van der Waals surface area contributed by atoms with Crippen LogP contribution in [0.1, 0.15) is 30.4 Å². The third kappa shape index (κ3) is 6.37. The number of piperidine rings is 1. The number of nitrogens with one attached hydrogen (secondary N) is 1. The topological polar surface area (TPSA) is 43.8 Å². The van der Waals surface area contributed by atoms with Gasteiger partial charge in [0, 0.05) is 46.5 Å². The highest BCUT2D eigenvalue weighted by atomic mass is 127. The standard InChI is InChI=1S/C21H29N5.HI/c1-22-21(25(2)17-18-9-5-3-6-10-18)24-16-19-11-12-23-20(15-19)26-13-7-4-8-14-26;/h3,5-6,9-12,15H,4,7-8,13-14,16-17H2,1-2H3,(H,22,24);1H. The van der Waals surface area contributed by atoms with Crippen LogP contribution in [0.25, 0.3) is 0 Å². The van der Waals surface area contributed by atoms with Gasteiger partial charge in [0.15, 0.2) is 5.96 Å². The fourth-order valence-electron chi connectivity index (χ4n) is 3.36. The van der Waals surface area contributed by atoms with E-state index in [1.165, 1.54) is 30.4 Å². The molecule has 5 nitrogen and oxygen atoms in total. The summed E-state index contributed by atoms with van der Waals surface area (Å²) in [6.45, 7) is 3.81. The lowest BCUT2D eigenvalue weighted by Crippen LogP contribution is -2.38. The van der Waals surface area contributed by atoms with E-state index < -0.39 is 0 Å². The van der Waals surface area contributed by atoms with Gasteiger partial charge in [-0.15, -0.1) is 24.0 Å². The van der Waals surface area contributed by atoms with Crippen LogP contribution in [0.15, 0.2) is 53.7 Å². The number of nitrogens with zero attached hydrogens (tertiary/aromatic N) is 4. The van der Waals surface area contributed by atoms with E-state index in [1.54, 1.807) is 0 Å². The Morgan fingerprint density at radius 2 is 1.85 bits per heavy atom. The summed E-state index contributed by atoms with van der Waals surface area (Å²) in [6, 6.07) is 14.7. The number of aliphatic imine (C=N–C) groups is 1. The van der Waals surface area contributed by atoms with Crippen LogP contribution < -0.4 is 10.2 Å². The molecular formula is C21H30IN5. The smallest absolute Gasteiger partial charge is 0.193 e. The lowest BCUT2D eigenvalue weighted by atomic mass is 10.1. The van der Waals surface area contributed by atoms with Gasteiger partial charge >= 0.3 is 0 Å². The Bertz CT molecular complexity index is 714. The Kier molecular flexibility index (Phi) is 8.84. The summed E-state index contributed by atoms with van der Waals surface area (Å²) in [7, 11) is 3.89. The minimum Gasteiger partial charge on any atom is -0.357 e. The van der Waals surface area contributed by atoms with Crippen molar-refractivity contribution in [2.45, 2.75) is 32.4 Å². The molecule has 27 heavy (non-hydrogen) atoms. The molecule has 0 bridgehead atoms. The molecule has 0 amide bonds. The second-order valence-electron chi connectivity index (χ2n) is 6.81. The fourth-order valence-corrected chi connectivity index (χ4v) is 3.36. The average molecular weight is 479 g/mol. The minimum atomic E-state index is 0. The molecule has 146 valence electrons. The molecule has 2 heterocycles. The van der Waals surface area contributed by atoms with Crippen molar-refractivity contribution in [3.8, 4) is 0 Å². The van der Waals surface area contributed by atoms with Crippen LogP contribution in [0.4, 0.5) is 5.82 Å². The first-order valence-corrected chi connectivity index (χ1v) is 9.42. The van der Waals surface area contributed by atoms with E-state index in [4.69, 9.17) is 0 Å². The first-order chi connectivity index (χ1) is 12.8. The van der Waals surface area contributed by atoms with Gasteiger partial charge in [-0.1, -0.05) is 30.3 Å². The molecule has 1 aromatic carbocycles. The molecule has 1 aliphatic heterocycles. The fraction of sp³-hybridized carbons (Fsp3) is 0.429. The molecule has 1 aliphatic rings. The molecule has 0 spiro atoms. The molecule has 2 aromatic rings. The summed E-state index contributed by atoms with van der Waals surface area (Å²) >= 11 is 0. The summed E-state index contributed by atoms with van der Waals surface area (Å²) in [5.74, 6) is 1.99. The molecule has 0 saturated carbocycles. The minimum absolute atomic E-state index is 0. The molecule has 3 rings (SSSR count). The van der Waals surface area contributed by atoms with Crippen molar-refractivity contribution in [3.05, 3.63) is 59.8 Å². The molecule has 0 aliphatic carbocycles. The second kappa shape index (κ2) is 11.1. The summed E-state index contributed by atoms with van der Waals surface area (Å²) in [5.41, 5.74) is 2.50. The number of benzene rings is 1. The van der Waals surface area contributed by atoms with Crippen molar-refractivity contribution in [1.82, 2.24) is 15.2 Å². The SMILES string of the molecule is CN=C(NCc1ccnc(N2CCCCC2)c1)N(C)Cc1ccccc1.I. The summed E-state index contributed by atoms with van der Waals surface area (Å²) in [4.78, 5) is 13.5. The quantitative estimate of drug-likeness (QED) is 0.402. The van der Waals surface area contributed by atoms with Crippen LogP contribution in [0, 0.1) is 0 Å². The first-order valence-electron chi connectivity index (χ1n) is 9.42. The Labute approximate surface area is 179 Å². The predicted molar refractivity (Wildman–Crippen MR) is 124 cm³/mol. The molecule has 0 atom stereocenters. The Hall–Kier alpha value is -1.83. The van der Waals surface area contributed by atoms with Gasteiger partial charge in [-0.05, 0) is 42.5 Å². The van der Waals surface area contributed by atoms with Crippen LogP contribution in [0.5, 0.6) is 0 Å². The number of pyridine rings is 1. The van der Waals surface area contributed by atoms with Crippen molar-refractivity contribution in [2.24, 2.45) is 4.99 Å². The van der Waals surface area contributed by atoms with Gasteiger partial charge in [0.25, 0.3) is 0 Å². The zero-order valence-electron chi connectivity index (χ0n) is 16.3. The van der Waals surface area contributed by atoms with Crippen LogP contribution in [-0.2, 0) is 13.1 Å². The number of rotatable bonds is 5. The molecule has 1 fully saturated rings. The van der Waals surface area contributed by atoms with Crippen LogP contribution in [0.3, 0.4) is 0 Å². The number of halogens is 1. The summed E-state index contributed by atoms with van der Waals surface area (Å²) in [5, 5.41) is 3.47. The van der Waals surface area contributed by atoms with Crippen molar-refractivity contribution >= 4 is 35.8 Å². The number of guanidine groups is 1. The van der Waals surface area contributed by atoms with E-state index in [1.807, 2.05) is 19.3 Å². The zero-order chi connectivity index (χ0) is 18.2. The van der Waals surface area contributed by atoms with Crippen LogP contribution >= 0.6 is 24.0 Å². The third-order valence-corrected chi connectivity index (χ3v) is 4.78. The number of aromatic nitrogens is 1. The maximum Gasteiger partial charge on any atom is 0.193 e. The zero-order valence-corrected chi connectivity index (χ0v) is 18.6. The molecule has 1 saturated heterocycles. The number of hydrogen-bond donors (Lipinski definition) is 1. The van der Waals surface area contributed by atoms with E-state index >= 15 is 0 Å². The maximum absolute atomic E-state index is 4.56. The molecule has 1 N–H and O–H groups in total. The second-order valence-corrected chi connectivity index (χ2v) is 6.81. The van der Waals surface area contributed by atoms with Gasteiger partial charge < -0.3 is 15.1 Å². The highest BCUT2D eigenvalue weighted by molar-refractivity contribution is 14.0. The van der Waals surface area contributed by atoms with E-state index in [0.717, 1.165) is 38.0 Å². The van der Waals surface area contributed by atoms with Crippen molar-refractivity contribution in [3.63, 3.8) is 0 Å². The molecule has 6 heteroatoms. The highest BCUT2D eigenvalue weighted by Gasteiger charge is 2.12. The van der Waals surface area contributed by atoms with E-state index in [9.17, 15) is 0 Å². The first kappa shape index (κ1) is 21.5. The van der Waals surface area contributed by atoms with Crippen LogP contribution in [0.2, 0.25) is 0 Å². The van der Waals surface area contributed by atoms with Gasteiger partial charge in [-0.2, -0.15) is 0 Å². The predicted octanol–water partition coefficient (Wildman–Crippen LogP) is 3.90. The highest BCUT2D eigenvalue weighted by Crippen LogP contribution is 2.18. The normalized spacial score (nSPS) is 14.4. The number of hydrogen-bond acceptors (Lipinski definition) is 3. The van der Waals surface area contributed by atoms with E-state index in [0.29, 0.717) is 0 Å². The lowest BCUT2D eigenvalue weighted by molar-refractivity contribution is 0.476. The summed E-state index contributed by atoms with van der Waals surface area (Å²) in [6.07, 6.45) is 5.78. The molecular weight excluding hydrogens is 449 g/mol. The van der Waals surface area contributed by atoms with Crippen molar-refractivity contribution in [1.29, 1.82) is 0 Å². The van der Waals surface area contributed by atoms with Crippen LogP contribution in [-0.4, -0.2) is 43.0 Å². The molecule has 1 aromatic heterocycles. The monoisotopic (exact) mass is 479 g/mol. The largest absolute Gasteiger partial charge is 0.357 e. The van der Waals surface area contributed by atoms with Gasteiger partial charge in [-0.25, -0.2) is 4.98 Å². The van der Waals surface area contributed by atoms with E-state index in [2.05, 4.69) is 68.5 Å².